The number of thioether (sulfide) groups is 1. The first-order valence-electron chi connectivity index (χ1n) is 9.98. The molecule has 0 saturated heterocycles. The minimum atomic E-state index is 0.596. The van der Waals surface area contributed by atoms with Crippen LogP contribution in [0.3, 0.4) is 0 Å². The molecule has 0 unspecified atom stereocenters. The maximum Gasteiger partial charge on any atom is 0.191 e. The van der Waals surface area contributed by atoms with E-state index in [1.54, 1.807) is 14.2 Å². The highest BCUT2D eigenvalue weighted by Crippen LogP contribution is 2.26. The molecule has 31 heavy (non-hydrogen) atoms. The monoisotopic (exact) mass is 435 g/mol. The van der Waals surface area contributed by atoms with E-state index in [0.29, 0.717) is 18.2 Å². The zero-order chi connectivity index (χ0) is 21.6. The summed E-state index contributed by atoms with van der Waals surface area (Å²) in [4.78, 5) is 9.39. The Morgan fingerprint density at radius 1 is 1.03 bits per heavy atom. The van der Waals surface area contributed by atoms with Crippen LogP contribution in [0.5, 0.6) is 11.5 Å². The molecule has 0 fully saturated rings. The van der Waals surface area contributed by atoms with E-state index in [2.05, 4.69) is 21.5 Å². The van der Waals surface area contributed by atoms with Gasteiger partial charge >= 0.3 is 0 Å². The summed E-state index contributed by atoms with van der Waals surface area (Å²) >= 11 is 1.51. The molecule has 0 saturated carbocycles. The number of aryl methyl sites for hydroxylation is 2. The molecule has 0 radical (unpaired) electrons. The van der Waals surface area contributed by atoms with E-state index >= 15 is 0 Å². The number of nitrogens with zero attached hydrogens (tertiary/aromatic N) is 4. The van der Waals surface area contributed by atoms with E-state index in [1.165, 1.54) is 17.3 Å². The summed E-state index contributed by atoms with van der Waals surface area (Å²) in [7, 11) is 3.36. The van der Waals surface area contributed by atoms with Crippen molar-refractivity contribution in [2.24, 2.45) is 0 Å². The molecule has 2 heterocycles. The largest absolute Gasteiger partial charge is 0.497 e. The summed E-state index contributed by atoms with van der Waals surface area (Å²) in [6.45, 7) is 1.31. The van der Waals surface area contributed by atoms with Gasteiger partial charge in [0.2, 0.25) is 0 Å². The molecule has 0 atom stereocenters. The van der Waals surface area contributed by atoms with Gasteiger partial charge in [0.1, 0.15) is 17.3 Å². The Balaban J connectivity index is 1.58. The normalized spacial score (nSPS) is 10.9. The van der Waals surface area contributed by atoms with E-state index in [-0.39, 0.29) is 0 Å². The molecule has 7 nitrogen and oxygen atoms in total. The molecule has 0 amide bonds. The van der Waals surface area contributed by atoms with Crippen LogP contribution in [0.25, 0.3) is 11.0 Å². The second-order valence-corrected chi connectivity index (χ2v) is 7.70. The van der Waals surface area contributed by atoms with Gasteiger partial charge in [-0.2, -0.15) is 5.10 Å². The molecule has 0 bridgehead atoms. The average molecular weight is 436 g/mol. The molecule has 2 aromatic carbocycles. The molecular formula is C23H25N5O2S. The van der Waals surface area contributed by atoms with Crippen molar-refractivity contribution < 1.29 is 9.47 Å². The van der Waals surface area contributed by atoms with Crippen LogP contribution >= 0.6 is 11.8 Å². The molecule has 4 rings (SSSR count). The van der Waals surface area contributed by atoms with Crippen LogP contribution in [-0.4, -0.2) is 40.2 Å². The molecule has 8 heteroatoms. The van der Waals surface area contributed by atoms with Crippen LogP contribution < -0.4 is 14.8 Å². The maximum atomic E-state index is 5.46. The van der Waals surface area contributed by atoms with E-state index in [9.17, 15) is 0 Å². The van der Waals surface area contributed by atoms with Gasteiger partial charge in [-0.1, -0.05) is 42.1 Å². The van der Waals surface area contributed by atoms with Crippen molar-refractivity contribution in [2.45, 2.75) is 24.7 Å². The number of ether oxygens (including phenoxy) is 2. The number of hydrogen-bond donors (Lipinski definition) is 1. The van der Waals surface area contributed by atoms with Gasteiger partial charge in [0.25, 0.3) is 0 Å². The fraction of sp³-hybridized carbons (Fsp3) is 0.261. The minimum Gasteiger partial charge on any atom is -0.497 e. The third-order valence-corrected chi connectivity index (χ3v) is 5.59. The van der Waals surface area contributed by atoms with Gasteiger partial charge < -0.3 is 14.8 Å². The van der Waals surface area contributed by atoms with Gasteiger partial charge in [-0.05, 0) is 36.4 Å². The summed E-state index contributed by atoms with van der Waals surface area (Å²) in [5.41, 5.74) is 3.08. The zero-order valence-corrected chi connectivity index (χ0v) is 18.6. The first-order chi connectivity index (χ1) is 15.2. The summed E-state index contributed by atoms with van der Waals surface area (Å²) in [6, 6.07) is 16.1. The number of fused-ring (bicyclic) bond motifs is 1. The fourth-order valence-electron chi connectivity index (χ4n) is 3.42. The molecule has 2 aromatic heterocycles. The zero-order valence-electron chi connectivity index (χ0n) is 17.8. The smallest absolute Gasteiger partial charge is 0.191 e. The van der Waals surface area contributed by atoms with Gasteiger partial charge in [-0.25, -0.2) is 14.6 Å². The van der Waals surface area contributed by atoms with Crippen molar-refractivity contribution >= 4 is 28.6 Å². The van der Waals surface area contributed by atoms with Gasteiger partial charge in [-0.3, -0.25) is 0 Å². The van der Waals surface area contributed by atoms with Crippen molar-refractivity contribution in [3.05, 3.63) is 65.9 Å². The minimum absolute atomic E-state index is 0.596. The molecule has 4 aromatic rings. The van der Waals surface area contributed by atoms with Crippen LogP contribution in [0.4, 0.5) is 5.82 Å². The molecule has 0 aliphatic heterocycles. The summed E-state index contributed by atoms with van der Waals surface area (Å²) in [5.74, 6) is 2.48. The van der Waals surface area contributed by atoms with Gasteiger partial charge in [0.05, 0.1) is 25.8 Å². The molecule has 0 spiro atoms. The lowest BCUT2D eigenvalue weighted by atomic mass is 10.1. The fourth-order valence-corrected chi connectivity index (χ4v) is 3.78. The maximum absolute atomic E-state index is 5.46. The van der Waals surface area contributed by atoms with Crippen LogP contribution in [0.2, 0.25) is 0 Å². The number of para-hydroxylation sites is 1. The van der Waals surface area contributed by atoms with Crippen molar-refractivity contribution in [1.82, 2.24) is 19.7 Å². The number of hydrogen-bond acceptors (Lipinski definition) is 7. The quantitative estimate of drug-likeness (QED) is 0.308. The highest BCUT2D eigenvalue weighted by molar-refractivity contribution is 7.98. The lowest BCUT2D eigenvalue weighted by molar-refractivity contribution is 0.410. The highest BCUT2D eigenvalue weighted by Gasteiger charge is 2.13. The standard InChI is InChI=1S/C23H25N5O2S/c1-29-18-9-6-7-16(13-18)11-12-28-22-19(15-25-28)21(26-23(27-22)31-3)24-14-17-8-4-5-10-20(17)30-2/h4-10,13,15H,11-12,14H2,1-3H3,(H,24,26,27). The van der Waals surface area contributed by atoms with Crippen LogP contribution in [-0.2, 0) is 19.5 Å². The van der Waals surface area contributed by atoms with Gasteiger partial charge in [0.15, 0.2) is 10.8 Å². The van der Waals surface area contributed by atoms with Crippen molar-refractivity contribution in [3.8, 4) is 11.5 Å². The second-order valence-electron chi connectivity index (χ2n) is 6.93. The number of methoxy groups -OCH3 is 2. The number of anilines is 1. The Hall–Kier alpha value is -3.26. The van der Waals surface area contributed by atoms with Crippen LogP contribution in [0, 0.1) is 0 Å². The molecule has 160 valence electrons. The van der Waals surface area contributed by atoms with E-state index in [4.69, 9.17) is 14.5 Å². The summed E-state index contributed by atoms with van der Waals surface area (Å²) in [6.07, 6.45) is 4.63. The topological polar surface area (TPSA) is 74.1 Å². The highest BCUT2D eigenvalue weighted by atomic mass is 32.2. The SMILES string of the molecule is COc1cccc(CCn2ncc3c(NCc4ccccc4OC)nc(SC)nc32)c1. The van der Waals surface area contributed by atoms with Gasteiger partial charge in [-0.15, -0.1) is 0 Å². The van der Waals surface area contributed by atoms with E-state index < -0.39 is 0 Å². The first-order valence-corrected chi connectivity index (χ1v) is 11.2. The predicted octanol–water partition coefficient (Wildman–Crippen LogP) is 4.42. The number of benzene rings is 2. The molecule has 0 aliphatic carbocycles. The van der Waals surface area contributed by atoms with Crippen molar-refractivity contribution in [3.63, 3.8) is 0 Å². The van der Waals surface area contributed by atoms with E-state index in [1.807, 2.05) is 59.6 Å². The third kappa shape index (κ3) is 4.74. The lowest BCUT2D eigenvalue weighted by Gasteiger charge is -2.11. The summed E-state index contributed by atoms with van der Waals surface area (Å²) in [5, 5.41) is 9.64. The van der Waals surface area contributed by atoms with Crippen LogP contribution in [0.15, 0.2) is 59.9 Å². The number of rotatable bonds is 9. The first kappa shape index (κ1) is 21.0. The Morgan fingerprint density at radius 2 is 1.90 bits per heavy atom. The molecule has 0 aliphatic rings. The van der Waals surface area contributed by atoms with Crippen molar-refractivity contribution in [2.75, 3.05) is 25.8 Å². The Kier molecular flexibility index (Phi) is 6.57. The Labute approximate surface area is 185 Å². The lowest BCUT2D eigenvalue weighted by Crippen LogP contribution is -2.07. The molecule has 1 N–H and O–H groups in total. The van der Waals surface area contributed by atoms with E-state index in [0.717, 1.165) is 40.3 Å². The second kappa shape index (κ2) is 9.70. The van der Waals surface area contributed by atoms with Gasteiger partial charge in [0, 0.05) is 18.7 Å². The number of aromatic nitrogens is 4. The predicted molar refractivity (Wildman–Crippen MR) is 124 cm³/mol. The number of nitrogens with one attached hydrogen (secondary N) is 1. The Bertz CT molecular complexity index is 1180. The molecular weight excluding hydrogens is 410 g/mol. The third-order valence-electron chi connectivity index (χ3n) is 5.04. The average Bonchev–Trinajstić information content (AvgIpc) is 3.24. The Morgan fingerprint density at radius 3 is 2.71 bits per heavy atom. The summed E-state index contributed by atoms with van der Waals surface area (Å²) < 4.78 is 12.7. The van der Waals surface area contributed by atoms with Crippen LogP contribution in [0.1, 0.15) is 11.1 Å². The van der Waals surface area contributed by atoms with Crippen molar-refractivity contribution in [1.29, 1.82) is 0 Å².